The molecule has 2 heterocycles. The van der Waals surface area contributed by atoms with Gasteiger partial charge in [0.05, 0.1) is 23.4 Å². The fourth-order valence-electron chi connectivity index (χ4n) is 2.89. The lowest BCUT2D eigenvalue weighted by Crippen LogP contribution is -2.42. The number of nitrogens with two attached hydrogens (primary N) is 1. The fraction of sp³-hybridized carbons (Fsp3) is 0.375. The third-order valence-electron chi connectivity index (χ3n) is 4.23. The number of nitrogens with zero attached hydrogens (tertiary/aromatic N) is 3. The molecule has 0 aliphatic heterocycles. The van der Waals surface area contributed by atoms with Gasteiger partial charge in [0.15, 0.2) is 5.69 Å². The molecule has 1 saturated carbocycles. The van der Waals surface area contributed by atoms with E-state index in [4.69, 9.17) is 5.73 Å². The number of nitrogen functional groups attached to an aromatic ring is 1. The molecule has 1 atom stereocenters. The van der Waals surface area contributed by atoms with Crippen molar-refractivity contribution < 1.29 is 23.1 Å². The van der Waals surface area contributed by atoms with Gasteiger partial charge in [-0.1, -0.05) is 6.07 Å². The maximum Gasteiger partial charge on any atom is 0.434 e. The van der Waals surface area contributed by atoms with Crippen LogP contribution in [0, 0.1) is 5.92 Å². The molecule has 10 heteroatoms. The van der Waals surface area contributed by atoms with Gasteiger partial charge in [0.2, 0.25) is 5.95 Å². The van der Waals surface area contributed by atoms with Gasteiger partial charge in [-0.3, -0.25) is 9.78 Å². The molecule has 3 rings (SSSR count). The number of amides is 1. The Labute approximate surface area is 146 Å². The molecule has 0 saturated heterocycles. The summed E-state index contributed by atoms with van der Waals surface area (Å²) in [5, 5.41) is 12.1. The second-order valence-corrected chi connectivity index (χ2v) is 6.08. The molecule has 138 valence electrons. The van der Waals surface area contributed by atoms with E-state index >= 15 is 0 Å². The zero-order valence-corrected chi connectivity index (χ0v) is 13.4. The average Bonchev–Trinajstić information content (AvgIpc) is 2.57. The summed E-state index contributed by atoms with van der Waals surface area (Å²) in [6.45, 7) is 0. The van der Waals surface area contributed by atoms with Crippen LogP contribution in [0.1, 0.15) is 40.6 Å². The molecular weight excluding hydrogens is 351 g/mol. The van der Waals surface area contributed by atoms with Crippen LogP contribution in [0.3, 0.4) is 0 Å². The van der Waals surface area contributed by atoms with Gasteiger partial charge in [-0.05, 0) is 30.9 Å². The Balaban J connectivity index is 1.89. The number of hydrogen-bond donors (Lipinski definition) is 3. The number of anilines is 1. The molecule has 2 aromatic heterocycles. The molecule has 1 fully saturated rings. The van der Waals surface area contributed by atoms with Crippen molar-refractivity contribution in [2.75, 3.05) is 5.73 Å². The molecule has 0 radical (unpaired) electrons. The van der Waals surface area contributed by atoms with Gasteiger partial charge in [-0.15, -0.1) is 0 Å². The van der Waals surface area contributed by atoms with Crippen LogP contribution in [0.15, 0.2) is 30.6 Å². The molecule has 1 aliphatic carbocycles. The number of rotatable bonds is 4. The third-order valence-corrected chi connectivity index (χ3v) is 4.23. The van der Waals surface area contributed by atoms with Gasteiger partial charge in [-0.25, -0.2) is 9.97 Å². The number of nitrogens with one attached hydrogen (secondary N) is 1. The van der Waals surface area contributed by atoms with E-state index in [2.05, 4.69) is 20.3 Å². The van der Waals surface area contributed by atoms with Crippen LogP contribution in [0.2, 0.25) is 0 Å². The minimum Gasteiger partial charge on any atom is -0.393 e. The van der Waals surface area contributed by atoms with Crippen LogP contribution >= 0.6 is 0 Å². The molecule has 1 unspecified atom stereocenters. The quantitative estimate of drug-likeness (QED) is 0.758. The molecule has 2 aromatic rings. The maximum absolute atomic E-state index is 13.2. The highest BCUT2D eigenvalue weighted by Crippen LogP contribution is 2.38. The number of alkyl halides is 3. The Hall–Kier alpha value is -2.75. The lowest BCUT2D eigenvalue weighted by Gasteiger charge is -2.37. The average molecular weight is 367 g/mol. The number of carbonyl (C=O) groups excluding carboxylic acids is 1. The Kier molecular flexibility index (Phi) is 4.77. The smallest absolute Gasteiger partial charge is 0.393 e. The van der Waals surface area contributed by atoms with E-state index in [0.717, 1.165) is 6.20 Å². The van der Waals surface area contributed by atoms with Crippen molar-refractivity contribution in [2.24, 2.45) is 5.92 Å². The number of aliphatic hydroxyl groups is 1. The SMILES string of the molecule is Nc1ncc(C(=O)NC(c2ccccn2)C2CC(O)C2)c(C(F)(F)F)n1. The van der Waals surface area contributed by atoms with Gasteiger partial charge < -0.3 is 16.2 Å². The number of pyridine rings is 1. The van der Waals surface area contributed by atoms with Crippen molar-refractivity contribution in [3.63, 3.8) is 0 Å². The number of aliphatic hydroxyl groups excluding tert-OH is 1. The Morgan fingerprint density at radius 3 is 2.62 bits per heavy atom. The van der Waals surface area contributed by atoms with Gasteiger partial charge in [-0.2, -0.15) is 13.2 Å². The van der Waals surface area contributed by atoms with Gasteiger partial charge in [0.1, 0.15) is 0 Å². The Bertz CT molecular complexity index is 794. The molecule has 4 N–H and O–H groups in total. The lowest BCUT2D eigenvalue weighted by atomic mass is 9.76. The highest BCUT2D eigenvalue weighted by molar-refractivity contribution is 5.95. The van der Waals surface area contributed by atoms with Crippen molar-refractivity contribution in [2.45, 2.75) is 31.2 Å². The molecular formula is C16H16F3N5O2. The molecule has 0 bridgehead atoms. The van der Waals surface area contributed by atoms with E-state index in [1.54, 1.807) is 18.2 Å². The topological polar surface area (TPSA) is 114 Å². The summed E-state index contributed by atoms with van der Waals surface area (Å²) in [7, 11) is 0. The van der Waals surface area contributed by atoms with Gasteiger partial charge >= 0.3 is 6.18 Å². The monoisotopic (exact) mass is 367 g/mol. The summed E-state index contributed by atoms with van der Waals surface area (Å²) < 4.78 is 39.5. The Morgan fingerprint density at radius 1 is 1.31 bits per heavy atom. The van der Waals surface area contributed by atoms with Crippen molar-refractivity contribution in [3.05, 3.63) is 47.5 Å². The second kappa shape index (κ2) is 6.87. The molecule has 0 spiro atoms. The van der Waals surface area contributed by atoms with Crippen LogP contribution in [0.5, 0.6) is 0 Å². The zero-order valence-electron chi connectivity index (χ0n) is 13.4. The summed E-state index contributed by atoms with van der Waals surface area (Å²) >= 11 is 0. The van der Waals surface area contributed by atoms with Crippen LogP contribution in [-0.2, 0) is 6.18 Å². The van der Waals surface area contributed by atoms with E-state index in [0.29, 0.717) is 18.5 Å². The summed E-state index contributed by atoms with van der Waals surface area (Å²) in [5.41, 5.74) is 3.61. The van der Waals surface area contributed by atoms with E-state index in [9.17, 15) is 23.1 Å². The van der Waals surface area contributed by atoms with Gasteiger partial charge in [0.25, 0.3) is 5.91 Å². The summed E-state index contributed by atoms with van der Waals surface area (Å²) in [4.78, 5) is 23.3. The molecule has 7 nitrogen and oxygen atoms in total. The summed E-state index contributed by atoms with van der Waals surface area (Å²) in [6, 6.07) is 4.43. The van der Waals surface area contributed by atoms with Crippen LogP contribution in [0.4, 0.5) is 19.1 Å². The van der Waals surface area contributed by atoms with Crippen molar-refractivity contribution in [1.82, 2.24) is 20.3 Å². The van der Waals surface area contributed by atoms with Crippen LogP contribution in [-0.4, -0.2) is 32.1 Å². The molecule has 0 aromatic carbocycles. The summed E-state index contributed by atoms with van der Waals surface area (Å²) in [5.74, 6) is -1.68. The van der Waals surface area contributed by atoms with E-state index in [1.165, 1.54) is 6.20 Å². The van der Waals surface area contributed by atoms with Crippen molar-refractivity contribution >= 4 is 11.9 Å². The summed E-state index contributed by atoms with van der Waals surface area (Å²) in [6.07, 6.45) is -2.22. The second-order valence-electron chi connectivity index (χ2n) is 6.08. The molecule has 1 aliphatic rings. The third kappa shape index (κ3) is 3.74. The normalized spacial score (nSPS) is 20.9. The predicted molar refractivity (Wildman–Crippen MR) is 84.6 cm³/mol. The largest absolute Gasteiger partial charge is 0.434 e. The number of hydrogen-bond acceptors (Lipinski definition) is 6. The highest BCUT2D eigenvalue weighted by atomic mass is 19.4. The Morgan fingerprint density at radius 2 is 2.04 bits per heavy atom. The maximum atomic E-state index is 13.2. The first-order valence-corrected chi connectivity index (χ1v) is 7.85. The fourth-order valence-corrected chi connectivity index (χ4v) is 2.89. The minimum absolute atomic E-state index is 0.132. The standard InChI is InChI=1S/C16H16F3N5O2/c17-16(18,19)13-10(7-22-15(20)24-13)14(26)23-12(8-5-9(25)6-8)11-3-1-2-4-21-11/h1-4,7-9,12,25H,5-6H2,(H,23,26)(H2,20,22,24). The minimum atomic E-state index is -4.85. The first-order valence-electron chi connectivity index (χ1n) is 7.85. The first-order chi connectivity index (χ1) is 12.3. The number of aromatic nitrogens is 3. The predicted octanol–water partition coefficient (Wildman–Crippen LogP) is 1.71. The van der Waals surface area contributed by atoms with Crippen LogP contribution < -0.4 is 11.1 Å². The van der Waals surface area contributed by atoms with Crippen molar-refractivity contribution in [3.8, 4) is 0 Å². The molecule has 1 amide bonds. The zero-order chi connectivity index (χ0) is 18.9. The van der Waals surface area contributed by atoms with Gasteiger partial charge in [0, 0.05) is 12.4 Å². The first kappa shape index (κ1) is 18.1. The number of carbonyl (C=O) groups is 1. The van der Waals surface area contributed by atoms with Crippen molar-refractivity contribution in [1.29, 1.82) is 0 Å². The van der Waals surface area contributed by atoms with E-state index in [-0.39, 0.29) is 5.92 Å². The van der Waals surface area contributed by atoms with Crippen LogP contribution in [0.25, 0.3) is 0 Å². The lowest BCUT2D eigenvalue weighted by molar-refractivity contribution is -0.141. The number of halogens is 3. The highest BCUT2D eigenvalue weighted by Gasteiger charge is 2.40. The van der Waals surface area contributed by atoms with E-state index in [1.807, 2.05) is 0 Å². The van der Waals surface area contributed by atoms with E-state index < -0.39 is 41.4 Å². The molecule has 26 heavy (non-hydrogen) atoms.